The number of ether oxygens (including phenoxy) is 1. The van der Waals surface area contributed by atoms with Crippen molar-refractivity contribution in [2.45, 2.75) is 20.3 Å². The van der Waals surface area contributed by atoms with Crippen LogP contribution in [0.2, 0.25) is 0 Å². The van der Waals surface area contributed by atoms with E-state index < -0.39 is 5.97 Å². The SMILES string of the molecule is CC/C(=C\C=C(/C)C(=O)O)Oc1ccccc1. The van der Waals surface area contributed by atoms with Crippen molar-refractivity contribution in [3.05, 3.63) is 53.8 Å². The maximum atomic E-state index is 10.6. The Kier molecular flexibility index (Phi) is 5.01. The number of allylic oxidation sites excluding steroid dienone is 3. The predicted octanol–water partition coefficient (Wildman–Crippen LogP) is 3.39. The molecule has 0 spiro atoms. The molecule has 0 fully saturated rings. The van der Waals surface area contributed by atoms with Gasteiger partial charge in [-0.2, -0.15) is 0 Å². The van der Waals surface area contributed by atoms with E-state index >= 15 is 0 Å². The molecule has 3 heteroatoms. The summed E-state index contributed by atoms with van der Waals surface area (Å²) in [6, 6.07) is 9.41. The lowest BCUT2D eigenvalue weighted by Gasteiger charge is -2.07. The smallest absolute Gasteiger partial charge is 0.331 e. The van der Waals surface area contributed by atoms with E-state index in [-0.39, 0.29) is 5.57 Å². The van der Waals surface area contributed by atoms with Crippen LogP contribution in [-0.4, -0.2) is 11.1 Å². The molecule has 1 aromatic rings. The molecule has 3 nitrogen and oxygen atoms in total. The highest BCUT2D eigenvalue weighted by atomic mass is 16.5. The van der Waals surface area contributed by atoms with Crippen LogP contribution in [0.4, 0.5) is 0 Å². The maximum Gasteiger partial charge on any atom is 0.331 e. The minimum absolute atomic E-state index is 0.285. The van der Waals surface area contributed by atoms with Gasteiger partial charge in [0.25, 0.3) is 0 Å². The fraction of sp³-hybridized carbons (Fsp3) is 0.214. The highest BCUT2D eigenvalue weighted by Crippen LogP contribution is 2.14. The molecule has 90 valence electrons. The standard InChI is InChI=1S/C14H16O3/c1-3-12(10-9-11(2)14(15)16)17-13-7-5-4-6-8-13/h4-10H,3H2,1-2H3,(H,15,16)/b11-9+,12-10+. The Hall–Kier alpha value is -2.03. The maximum absolute atomic E-state index is 10.6. The summed E-state index contributed by atoms with van der Waals surface area (Å²) < 4.78 is 5.62. The predicted molar refractivity (Wildman–Crippen MR) is 66.8 cm³/mol. The molecule has 0 heterocycles. The van der Waals surface area contributed by atoms with Gasteiger partial charge in [0, 0.05) is 12.0 Å². The van der Waals surface area contributed by atoms with Gasteiger partial charge in [-0.05, 0) is 31.2 Å². The summed E-state index contributed by atoms with van der Waals surface area (Å²) in [4.78, 5) is 10.6. The summed E-state index contributed by atoms with van der Waals surface area (Å²) in [5.74, 6) is 0.565. The third-order valence-electron chi connectivity index (χ3n) is 2.20. The molecule has 0 unspecified atom stereocenters. The molecule has 0 bridgehead atoms. The van der Waals surface area contributed by atoms with Gasteiger partial charge in [0.1, 0.15) is 11.5 Å². The van der Waals surface area contributed by atoms with E-state index in [1.165, 1.54) is 0 Å². The van der Waals surface area contributed by atoms with Crippen LogP contribution in [0.5, 0.6) is 5.75 Å². The van der Waals surface area contributed by atoms with Gasteiger partial charge >= 0.3 is 5.97 Å². The third kappa shape index (κ3) is 4.55. The van der Waals surface area contributed by atoms with Gasteiger partial charge in [0.15, 0.2) is 0 Å². The van der Waals surface area contributed by atoms with Crippen molar-refractivity contribution in [1.29, 1.82) is 0 Å². The molecule has 1 rings (SSSR count). The fourth-order valence-corrected chi connectivity index (χ4v) is 1.15. The van der Waals surface area contributed by atoms with E-state index in [4.69, 9.17) is 9.84 Å². The van der Waals surface area contributed by atoms with Crippen LogP contribution in [0.1, 0.15) is 20.3 Å². The molecular formula is C14H16O3. The summed E-state index contributed by atoms with van der Waals surface area (Å²) >= 11 is 0. The van der Waals surface area contributed by atoms with Crippen LogP contribution in [0, 0.1) is 0 Å². The number of benzene rings is 1. The van der Waals surface area contributed by atoms with E-state index in [2.05, 4.69) is 0 Å². The van der Waals surface area contributed by atoms with Gasteiger partial charge < -0.3 is 9.84 Å². The van der Waals surface area contributed by atoms with Crippen molar-refractivity contribution in [3.63, 3.8) is 0 Å². The second-order valence-corrected chi connectivity index (χ2v) is 3.56. The Morgan fingerprint density at radius 2 is 1.94 bits per heavy atom. The third-order valence-corrected chi connectivity index (χ3v) is 2.20. The Morgan fingerprint density at radius 3 is 2.47 bits per heavy atom. The molecule has 0 atom stereocenters. The normalized spacial score (nSPS) is 12.4. The van der Waals surface area contributed by atoms with Crippen molar-refractivity contribution in [2.75, 3.05) is 0 Å². The van der Waals surface area contributed by atoms with Crippen molar-refractivity contribution >= 4 is 5.97 Å². The lowest BCUT2D eigenvalue weighted by molar-refractivity contribution is -0.132. The average molecular weight is 232 g/mol. The molecule has 0 saturated carbocycles. The van der Waals surface area contributed by atoms with Gasteiger partial charge in [0.05, 0.1) is 0 Å². The van der Waals surface area contributed by atoms with Crippen LogP contribution in [0.15, 0.2) is 53.8 Å². The van der Waals surface area contributed by atoms with Crippen molar-refractivity contribution in [3.8, 4) is 5.75 Å². The summed E-state index contributed by atoms with van der Waals surface area (Å²) in [7, 11) is 0. The van der Waals surface area contributed by atoms with Crippen molar-refractivity contribution in [2.24, 2.45) is 0 Å². The van der Waals surface area contributed by atoms with E-state index in [1.54, 1.807) is 19.1 Å². The Bertz CT molecular complexity index is 430. The Morgan fingerprint density at radius 1 is 1.29 bits per heavy atom. The van der Waals surface area contributed by atoms with Crippen LogP contribution < -0.4 is 4.74 Å². The molecule has 0 amide bonds. The molecule has 17 heavy (non-hydrogen) atoms. The van der Waals surface area contributed by atoms with Crippen molar-refractivity contribution < 1.29 is 14.6 Å². The van der Waals surface area contributed by atoms with E-state index in [1.807, 2.05) is 37.3 Å². The molecule has 0 aliphatic carbocycles. The van der Waals surface area contributed by atoms with E-state index in [0.29, 0.717) is 6.42 Å². The number of aliphatic carboxylic acids is 1. The largest absolute Gasteiger partial charge is 0.478 e. The van der Waals surface area contributed by atoms with Gasteiger partial charge in [-0.1, -0.05) is 25.1 Å². The zero-order valence-electron chi connectivity index (χ0n) is 10.0. The fourth-order valence-electron chi connectivity index (χ4n) is 1.15. The first kappa shape index (κ1) is 13.0. The van der Waals surface area contributed by atoms with Gasteiger partial charge in [-0.25, -0.2) is 4.79 Å². The van der Waals surface area contributed by atoms with Crippen LogP contribution in [0.3, 0.4) is 0 Å². The summed E-state index contributed by atoms with van der Waals surface area (Å²) in [5.41, 5.74) is 0.285. The molecule has 0 aliphatic heterocycles. The second-order valence-electron chi connectivity index (χ2n) is 3.56. The number of hydrogen-bond donors (Lipinski definition) is 1. The van der Waals surface area contributed by atoms with Gasteiger partial charge in [-0.3, -0.25) is 0 Å². The lowest BCUT2D eigenvalue weighted by atomic mass is 10.2. The summed E-state index contributed by atoms with van der Waals surface area (Å²) in [5, 5.41) is 8.72. The molecule has 0 saturated heterocycles. The Labute approximate surface area is 101 Å². The first-order valence-electron chi connectivity index (χ1n) is 5.47. The molecule has 0 radical (unpaired) electrons. The van der Waals surface area contributed by atoms with Gasteiger partial charge in [-0.15, -0.1) is 0 Å². The molecular weight excluding hydrogens is 216 g/mol. The van der Waals surface area contributed by atoms with Gasteiger partial charge in [0.2, 0.25) is 0 Å². The van der Waals surface area contributed by atoms with E-state index in [0.717, 1.165) is 11.5 Å². The monoisotopic (exact) mass is 232 g/mol. The molecule has 1 aromatic carbocycles. The highest BCUT2D eigenvalue weighted by molar-refractivity contribution is 5.86. The minimum Gasteiger partial charge on any atom is -0.478 e. The number of carboxylic acids is 1. The van der Waals surface area contributed by atoms with Crippen LogP contribution >= 0.6 is 0 Å². The van der Waals surface area contributed by atoms with Crippen LogP contribution in [-0.2, 0) is 4.79 Å². The van der Waals surface area contributed by atoms with Crippen molar-refractivity contribution in [1.82, 2.24) is 0 Å². The number of para-hydroxylation sites is 1. The second kappa shape index (κ2) is 6.53. The first-order valence-corrected chi connectivity index (χ1v) is 5.47. The lowest BCUT2D eigenvalue weighted by Crippen LogP contribution is -1.97. The number of carbonyl (C=O) groups is 1. The summed E-state index contributed by atoms with van der Waals surface area (Å²) in [6.45, 7) is 3.51. The number of carboxylic acid groups (broad SMARTS) is 1. The Balaban J connectivity index is 2.76. The topological polar surface area (TPSA) is 46.5 Å². The van der Waals surface area contributed by atoms with E-state index in [9.17, 15) is 4.79 Å². The number of hydrogen-bond acceptors (Lipinski definition) is 2. The summed E-state index contributed by atoms with van der Waals surface area (Å²) in [6.07, 6.45) is 3.94. The quantitative estimate of drug-likeness (QED) is 0.481. The zero-order chi connectivity index (χ0) is 12.7. The highest BCUT2D eigenvalue weighted by Gasteiger charge is 1.99. The average Bonchev–Trinajstić information content (AvgIpc) is 2.35. The van der Waals surface area contributed by atoms with Crippen LogP contribution in [0.25, 0.3) is 0 Å². The minimum atomic E-state index is -0.920. The zero-order valence-corrected chi connectivity index (χ0v) is 10.0. The molecule has 0 aliphatic rings. The first-order chi connectivity index (χ1) is 8.13. The number of rotatable bonds is 5. The molecule has 0 aromatic heterocycles. The molecule has 1 N–H and O–H groups in total.